The number of carbonyl (C=O) groups excluding carboxylic acids is 1. The normalized spacial score (nSPS) is 13.8. The Morgan fingerprint density at radius 3 is 2.35 bits per heavy atom. The Balaban J connectivity index is 2.51. The SMILES string of the molecule is CCCCC(CC)CNC(=O)C(CC)c1ccccc1. The third-order valence-electron chi connectivity index (χ3n) is 4.03. The molecule has 0 radical (unpaired) electrons. The van der Waals surface area contributed by atoms with E-state index in [1.807, 2.05) is 30.3 Å². The van der Waals surface area contributed by atoms with Crippen molar-refractivity contribution in [2.24, 2.45) is 5.92 Å². The van der Waals surface area contributed by atoms with E-state index in [4.69, 9.17) is 0 Å². The molecule has 1 rings (SSSR count). The summed E-state index contributed by atoms with van der Waals surface area (Å²) in [4.78, 5) is 12.4. The van der Waals surface area contributed by atoms with Gasteiger partial charge in [0.15, 0.2) is 0 Å². The largest absolute Gasteiger partial charge is 0.355 e. The van der Waals surface area contributed by atoms with Gasteiger partial charge in [-0.25, -0.2) is 0 Å². The molecular formula is C18H29NO. The molecule has 1 aromatic carbocycles. The summed E-state index contributed by atoms with van der Waals surface area (Å²) in [5.74, 6) is 0.778. The van der Waals surface area contributed by atoms with E-state index < -0.39 is 0 Å². The number of benzene rings is 1. The van der Waals surface area contributed by atoms with E-state index in [1.165, 1.54) is 19.3 Å². The highest BCUT2D eigenvalue weighted by Gasteiger charge is 2.18. The Morgan fingerprint density at radius 2 is 1.80 bits per heavy atom. The molecule has 2 heteroatoms. The molecule has 0 aliphatic rings. The molecule has 0 saturated heterocycles. The summed E-state index contributed by atoms with van der Waals surface area (Å²) in [5.41, 5.74) is 1.12. The Kier molecular flexibility index (Phi) is 8.01. The third-order valence-corrected chi connectivity index (χ3v) is 4.03. The first kappa shape index (κ1) is 16.7. The van der Waals surface area contributed by atoms with Gasteiger partial charge in [0.05, 0.1) is 5.92 Å². The van der Waals surface area contributed by atoms with Crippen LogP contribution in [0.1, 0.15) is 64.4 Å². The van der Waals surface area contributed by atoms with Crippen LogP contribution in [0.25, 0.3) is 0 Å². The van der Waals surface area contributed by atoms with Crippen molar-refractivity contribution in [3.05, 3.63) is 35.9 Å². The van der Waals surface area contributed by atoms with Gasteiger partial charge in [-0.1, -0.05) is 70.4 Å². The molecule has 0 aliphatic carbocycles. The lowest BCUT2D eigenvalue weighted by atomic mass is 9.94. The predicted octanol–water partition coefficient (Wildman–Crippen LogP) is 4.51. The van der Waals surface area contributed by atoms with Crippen LogP contribution in [0.3, 0.4) is 0 Å². The summed E-state index contributed by atoms with van der Waals surface area (Å²) < 4.78 is 0. The lowest BCUT2D eigenvalue weighted by Crippen LogP contribution is -2.33. The molecule has 112 valence electrons. The maximum absolute atomic E-state index is 12.4. The van der Waals surface area contributed by atoms with Crippen LogP contribution in [0, 0.1) is 5.92 Å². The maximum Gasteiger partial charge on any atom is 0.227 e. The second kappa shape index (κ2) is 9.57. The minimum atomic E-state index is -0.0140. The zero-order valence-electron chi connectivity index (χ0n) is 13.2. The topological polar surface area (TPSA) is 29.1 Å². The fraction of sp³-hybridized carbons (Fsp3) is 0.611. The van der Waals surface area contributed by atoms with Gasteiger partial charge in [-0.3, -0.25) is 4.79 Å². The zero-order valence-corrected chi connectivity index (χ0v) is 13.2. The van der Waals surface area contributed by atoms with Crippen LogP contribution < -0.4 is 5.32 Å². The van der Waals surface area contributed by atoms with Gasteiger partial charge >= 0.3 is 0 Å². The van der Waals surface area contributed by atoms with Crippen LogP contribution in [0.15, 0.2) is 30.3 Å². The van der Waals surface area contributed by atoms with Crippen molar-refractivity contribution < 1.29 is 4.79 Å². The average molecular weight is 275 g/mol. The standard InChI is InChI=1S/C18H29NO/c1-4-7-11-15(5-2)14-19-18(20)17(6-3)16-12-9-8-10-13-16/h8-10,12-13,15,17H,4-7,11,14H2,1-3H3,(H,19,20). The number of unbranched alkanes of at least 4 members (excludes halogenated alkanes) is 1. The second-order valence-corrected chi connectivity index (χ2v) is 5.53. The minimum absolute atomic E-state index is 0.0140. The summed E-state index contributed by atoms with van der Waals surface area (Å²) >= 11 is 0. The van der Waals surface area contributed by atoms with Crippen LogP contribution in [-0.2, 0) is 4.79 Å². The van der Waals surface area contributed by atoms with Gasteiger partial charge in [-0.15, -0.1) is 0 Å². The first-order chi connectivity index (χ1) is 9.72. The minimum Gasteiger partial charge on any atom is -0.355 e. The maximum atomic E-state index is 12.4. The van der Waals surface area contributed by atoms with Crippen molar-refractivity contribution in [1.82, 2.24) is 5.32 Å². The number of carbonyl (C=O) groups is 1. The Labute approximate surface area is 124 Å². The van der Waals surface area contributed by atoms with Crippen LogP contribution in [-0.4, -0.2) is 12.5 Å². The lowest BCUT2D eigenvalue weighted by Gasteiger charge is -2.19. The zero-order chi connectivity index (χ0) is 14.8. The van der Waals surface area contributed by atoms with E-state index >= 15 is 0 Å². The van der Waals surface area contributed by atoms with E-state index in [2.05, 4.69) is 26.1 Å². The molecule has 0 bridgehead atoms. The summed E-state index contributed by atoms with van der Waals surface area (Å²) in [7, 11) is 0. The van der Waals surface area contributed by atoms with Gasteiger partial charge in [0.2, 0.25) is 5.91 Å². The van der Waals surface area contributed by atoms with Gasteiger partial charge in [-0.05, 0) is 24.3 Å². The number of amides is 1. The fourth-order valence-electron chi connectivity index (χ4n) is 2.57. The highest BCUT2D eigenvalue weighted by Crippen LogP contribution is 2.19. The average Bonchev–Trinajstić information content (AvgIpc) is 2.49. The van der Waals surface area contributed by atoms with E-state index in [-0.39, 0.29) is 11.8 Å². The molecule has 2 nitrogen and oxygen atoms in total. The monoisotopic (exact) mass is 275 g/mol. The molecule has 0 fully saturated rings. The Bertz CT molecular complexity index is 374. The van der Waals surface area contributed by atoms with Gasteiger partial charge in [0.1, 0.15) is 0 Å². The predicted molar refractivity (Wildman–Crippen MR) is 85.8 cm³/mol. The molecule has 1 N–H and O–H groups in total. The van der Waals surface area contributed by atoms with Gasteiger partial charge < -0.3 is 5.32 Å². The quantitative estimate of drug-likeness (QED) is 0.705. The molecule has 20 heavy (non-hydrogen) atoms. The van der Waals surface area contributed by atoms with E-state index in [0.29, 0.717) is 5.92 Å². The number of hydrogen-bond donors (Lipinski definition) is 1. The highest BCUT2D eigenvalue weighted by atomic mass is 16.1. The van der Waals surface area contributed by atoms with E-state index in [1.54, 1.807) is 0 Å². The molecule has 1 amide bonds. The van der Waals surface area contributed by atoms with Gasteiger partial charge in [0.25, 0.3) is 0 Å². The van der Waals surface area contributed by atoms with Crippen molar-refractivity contribution in [2.45, 2.75) is 58.8 Å². The molecular weight excluding hydrogens is 246 g/mol. The first-order valence-corrected chi connectivity index (χ1v) is 8.05. The smallest absolute Gasteiger partial charge is 0.227 e. The summed E-state index contributed by atoms with van der Waals surface area (Å²) in [6, 6.07) is 10.1. The highest BCUT2D eigenvalue weighted by molar-refractivity contribution is 5.83. The summed E-state index contributed by atoms with van der Waals surface area (Å²) in [6.07, 6.45) is 5.69. The van der Waals surface area contributed by atoms with Crippen LogP contribution in [0.2, 0.25) is 0 Å². The number of hydrogen-bond acceptors (Lipinski definition) is 1. The molecule has 2 atom stereocenters. The molecule has 1 aromatic rings. The van der Waals surface area contributed by atoms with E-state index in [0.717, 1.165) is 24.9 Å². The van der Waals surface area contributed by atoms with Crippen molar-refractivity contribution in [3.63, 3.8) is 0 Å². The van der Waals surface area contributed by atoms with Gasteiger partial charge in [-0.2, -0.15) is 0 Å². The van der Waals surface area contributed by atoms with Crippen molar-refractivity contribution in [3.8, 4) is 0 Å². The van der Waals surface area contributed by atoms with E-state index in [9.17, 15) is 4.79 Å². The molecule has 2 unspecified atom stereocenters. The van der Waals surface area contributed by atoms with Gasteiger partial charge in [0, 0.05) is 6.54 Å². The second-order valence-electron chi connectivity index (χ2n) is 5.53. The van der Waals surface area contributed by atoms with Crippen LogP contribution in [0.5, 0.6) is 0 Å². The summed E-state index contributed by atoms with van der Waals surface area (Å²) in [5, 5.41) is 3.15. The van der Waals surface area contributed by atoms with Crippen molar-refractivity contribution >= 4 is 5.91 Å². The fourth-order valence-corrected chi connectivity index (χ4v) is 2.57. The molecule has 0 aliphatic heterocycles. The summed E-state index contributed by atoms with van der Waals surface area (Å²) in [6.45, 7) is 7.32. The van der Waals surface area contributed by atoms with Crippen molar-refractivity contribution in [1.29, 1.82) is 0 Å². The molecule has 0 heterocycles. The Morgan fingerprint density at radius 1 is 1.10 bits per heavy atom. The Hall–Kier alpha value is -1.31. The molecule has 0 spiro atoms. The first-order valence-electron chi connectivity index (χ1n) is 8.05. The lowest BCUT2D eigenvalue weighted by molar-refractivity contribution is -0.122. The van der Waals surface area contributed by atoms with Crippen LogP contribution >= 0.6 is 0 Å². The third kappa shape index (κ3) is 5.36. The van der Waals surface area contributed by atoms with Crippen molar-refractivity contribution in [2.75, 3.05) is 6.54 Å². The number of rotatable bonds is 9. The molecule has 0 aromatic heterocycles. The number of nitrogens with one attached hydrogen (secondary N) is 1. The van der Waals surface area contributed by atoms with Crippen LogP contribution in [0.4, 0.5) is 0 Å². The molecule has 0 saturated carbocycles.